The molecule has 12 nitrogen and oxygen atoms in total. The summed E-state index contributed by atoms with van der Waals surface area (Å²) in [6, 6.07) is 56.7. The van der Waals surface area contributed by atoms with Gasteiger partial charge in [-0.05, 0) is 125 Å². The van der Waals surface area contributed by atoms with E-state index in [1.54, 1.807) is 85.8 Å². The number of rotatable bonds is 13. The first kappa shape index (κ1) is 64.6. The first-order valence-electron chi connectivity index (χ1n) is 26.0. The molecule has 0 saturated carbocycles. The zero-order valence-corrected chi connectivity index (χ0v) is 48.9. The number of alkyl halides is 9. The van der Waals surface area contributed by atoms with Crippen LogP contribution in [0, 0.1) is 20.8 Å². The standard InChI is InChI=1S/C25H18F3NO3S.C20H16F3NO3S.C19H14F3NO3S/c1-17-11-16-23(22-10-6-5-9-21(17)22)24(18-7-3-2-4-8-18)29-32-33(30,31)20-14-12-19(13-15-20)25(26,27)28;1-13-7-12-18(19-6-4-3-5-17(13)19)14(2)24-27-28(25,26)16-10-8-15(9-11-16)20(21,22)23;1-13-11-12-17(16-10-6-5-9-15(13)16)18(14-7-3-2-4-8-14)23-26-27(24,25)19(20,21)22/h2-16H,1H3;3-12H,1-2H3;2-12H,1H3/b29-24-;24-14-;23-18-. The summed E-state index contributed by atoms with van der Waals surface area (Å²) in [5.74, 6) is 0. The van der Waals surface area contributed by atoms with E-state index in [4.69, 9.17) is 8.57 Å². The van der Waals surface area contributed by atoms with Crippen molar-refractivity contribution in [1.29, 1.82) is 0 Å². The summed E-state index contributed by atoms with van der Waals surface area (Å²) in [4.78, 5) is -0.841. The van der Waals surface area contributed by atoms with E-state index in [1.165, 1.54) is 0 Å². The fourth-order valence-electron chi connectivity index (χ4n) is 8.86. The van der Waals surface area contributed by atoms with Crippen molar-refractivity contribution in [3.63, 3.8) is 0 Å². The molecule has 0 saturated heterocycles. The second-order valence-corrected chi connectivity index (χ2v) is 23.9. The molecule has 0 aliphatic rings. The van der Waals surface area contributed by atoms with Crippen molar-refractivity contribution in [2.75, 3.05) is 0 Å². The Labute approximate surface area is 499 Å². The van der Waals surface area contributed by atoms with Gasteiger partial charge in [0.25, 0.3) is 0 Å². The highest BCUT2D eigenvalue weighted by Gasteiger charge is 2.49. The van der Waals surface area contributed by atoms with Crippen LogP contribution in [0.4, 0.5) is 39.5 Å². The van der Waals surface area contributed by atoms with E-state index in [1.807, 2.05) is 112 Å². The monoisotopic (exact) mass is 1270 g/mol. The molecule has 0 radical (unpaired) electrons. The summed E-state index contributed by atoms with van der Waals surface area (Å²) in [5, 5.41) is 16.4. The molecule has 0 aliphatic carbocycles. The smallest absolute Gasteiger partial charge is 0.265 e. The molecule has 0 fully saturated rings. The zero-order chi connectivity index (χ0) is 63.8. The molecule has 10 aromatic carbocycles. The van der Waals surface area contributed by atoms with Crippen molar-refractivity contribution < 1.29 is 77.6 Å². The summed E-state index contributed by atoms with van der Waals surface area (Å²) >= 11 is 0. The summed E-state index contributed by atoms with van der Waals surface area (Å²) in [6.07, 6.45) is -9.13. The molecule has 0 N–H and O–H groups in total. The quantitative estimate of drug-likeness (QED) is 0.0472. The number of aryl methyl sites for hydroxylation is 3. The van der Waals surface area contributed by atoms with Crippen LogP contribution in [-0.2, 0) is 55.6 Å². The van der Waals surface area contributed by atoms with E-state index in [0.29, 0.717) is 63.2 Å². The molecule has 0 atom stereocenters. The second kappa shape index (κ2) is 26.3. The topological polar surface area (TPSA) is 167 Å². The van der Waals surface area contributed by atoms with Gasteiger partial charge in [-0.1, -0.05) is 185 Å². The Bertz CT molecular complexity index is 4620. The lowest BCUT2D eigenvalue weighted by Gasteiger charge is -2.12. The normalized spacial score (nSPS) is 12.9. The lowest BCUT2D eigenvalue weighted by Crippen LogP contribution is -2.24. The van der Waals surface area contributed by atoms with E-state index in [9.17, 15) is 64.8 Å². The zero-order valence-electron chi connectivity index (χ0n) is 46.4. The highest BCUT2D eigenvalue weighted by atomic mass is 32.2. The average molecular weight is 1270 g/mol. The lowest BCUT2D eigenvalue weighted by atomic mass is 9.94. The molecule has 0 unspecified atom stereocenters. The van der Waals surface area contributed by atoms with Gasteiger partial charge < -0.3 is 0 Å². The van der Waals surface area contributed by atoms with Crippen LogP contribution in [0.25, 0.3) is 32.3 Å². The van der Waals surface area contributed by atoms with Crippen LogP contribution < -0.4 is 0 Å². The number of nitrogens with zero attached hydrogens (tertiary/aromatic N) is 3. The Hall–Kier alpha value is -9.39. The van der Waals surface area contributed by atoms with Gasteiger partial charge in [0.15, 0.2) is 0 Å². The maximum Gasteiger partial charge on any atom is 0.536 e. The van der Waals surface area contributed by atoms with Gasteiger partial charge >= 0.3 is 48.2 Å². The molecule has 0 aromatic heterocycles. The van der Waals surface area contributed by atoms with Crippen molar-refractivity contribution in [3.8, 4) is 0 Å². The predicted molar refractivity (Wildman–Crippen MR) is 318 cm³/mol. The predicted octanol–water partition coefficient (Wildman–Crippen LogP) is 16.4. The molecule has 0 bridgehead atoms. The van der Waals surface area contributed by atoms with Crippen molar-refractivity contribution in [2.24, 2.45) is 15.5 Å². The molecular weight excluding hydrogens is 1220 g/mol. The fraction of sp³-hybridized carbons (Fsp3) is 0.109. The van der Waals surface area contributed by atoms with Gasteiger partial charge in [-0.2, -0.15) is 64.8 Å². The third-order valence-corrected chi connectivity index (χ3v) is 16.4. The molecular formula is C64H48F9N3O9S3. The summed E-state index contributed by atoms with van der Waals surface area (Å²) in [7, 11) is -14.6. The minimum atomic E-state index is -5.86. The SMILES string of the molecule is C/C(=N/OS(=O)(=O)c1ccc(C(F)(F)F)cc1)c1ccc(C)c2ccccc12.Cc1ccc(/C(=N\OS(=O)(=O)C(F)(F)F)c2ccccc2)c2ccccc12.Cc1ccc(/C(=N\OS(=O)(=O)c2ccc(C(F)(F)F)cc2)c2ccccc2)c2ccccc12. The number of fused-ring (bicyclic) bond motifs is 3. The molecule has 0 aliphatic heterocycles. The van der Waals surface area contributed by atoms with Gasteiger partial charge in [-0.25, -0.2) is 0 Å². The van der Waals surface area contributed by atoms with Crippen LogP contribution in [0.3, 0.4) is 0 Å². The Morgan fingerprint density at radius 2 is 0.636 bits per heavy atom. The van der Waals surface area contributed by atoms with Crippen molar-refractivity contribution >= 4 is 79.8 Å². The van der Waals surface area contributed by atoms with Gasteiger partial charge in [-0.3, -0.25) is 12.9 Å². The van der Waals surface area contributed by atoms with E-state index in [2.05, 4.69) is 19.8 Å². The highest BCUT2D eigenvalue weighted by molar-refractivity contribution is 7.87. The Morgan fingerprint density at radius 1 is 0.341 bits per heavy atom. The van der Waals surface area contributed by atoms with Crippen molar-refractivity contribution in [2.45, 2.75) is 55.3 Å². The van der Waals surface area contributed by atoms with Crippen LogP contribution in [0.1, 0.15) is 62.6 Å². The van der Waals surface area contributed by atoms with Gasteiger partial charge in [0.2, 0.25) is 0 Å². The van der Waals surface area contributed by atoms with Crippen molar-refractivity contribution in [3.05, 3.63) is 274 Å². The van der Waals surface area contributed by atoms with E-state index < -0.39 is 69.1 Å². The van der Waals surface area contributed by atoms with Crippen LogP contribution >= 0.6 is 0 Å². The second-order valence-electron chi connectivity index (χ2n) is 19.3. The molecule has 10 rings (SSSR count). The van der Waals surface area contributed by atoms with Crippen molar-refractivity contribution in [1.82, 2.24) is 0 Å². The van der Waals surface area contributed by atoms with E-state index in [-0.39, 0.29) is 11.4 Å². The van der Waals surface area contributed by atoms with Gasteiger partial charge in [-0.15, -0.1) is 0 Å². The van der Waals surface area contributed by atoms with Crippen LogP contribution in [0.15, 0.2) is 244 Å². The van der Waals surface area contributed by atoms with Crippen LogP contribution in [-0.4, -0.2) is 47.9 Å². The summed E-state index contributed by atoms with van der Waals surface area (Å²) < 4.78 is 200. The number of hydrogen-bond donors (Lipinski definition) is 0. The van der Waals surface area contributed by atoms with E-state index in [0.717, 1.165) is 67.9 Å². The molecule has 24 heteroatoms. The number of oxime groups is 3. The van der Waals surface area contributed by atoms with E-state index >= 15 is 0 Å². The number of hydrogen-bond acceptors (Lipinski definition) is 12. The molecule has 454 valence electrons. The summed E-state index contributed by atoms with van der Waals surface area (Å²) in [6.45, 7) is 7.43. The molecule has 88 heavy (non-hydrogen) atoms. The fourth-order valence-corrected chi connectivity index (χ4v) is 10.6. The third kappa shape index (κ3) is 15.2. The largest absolute Gasteiger partial charge is 0.536 e. The maximum absolute atomic E-state index is 12.8. The number of benzene rings is 10. The Balaban J connectivity index is 0.000000172. The molecule has 10 aromatic rings. The first-order valence-corrected chi connectivity index (χ1v) is 30.2. The molecule has 0 amide bonds. The minimum absolute atomic E-state index is 0.0142. The Kier molecular flexibility index (Phi) is 19.3. The molecule has 0 heterocycles. The first-order chi connectivity index (χ1) is 41.5. The third-order valence-electron chi connectivity index (χ3n) is 13.4. The van der Waals surface area contributed by atoms with Gasteiger partial charge in [0, 0.05) is 27.8 Å². The van der Waals surface area contributed by atoms with Gasteiger partial charge in [0.05, 0.1) is 16.8 Å². The minimum Gasteiger partial charge on any atom is -0.265 e. The highest BCUT2D eigenvalue weighted by Crippen LogP contribution is 2.34. The van der Waals surface area contributed by atoms with Crippen LogP contribution in [0.5, 0.6) is 0 Å². The Morgan fingerprint density at radius 3 is 0.977 bits per heavy atom. The number of halogens is 9. The lowest BCUT2D eigenvalue weighted by molar-refractivity contribution is -0.138. The summed E-state index contributed by atoms with van der Waals surface area (Å²) in [5.41, 5.74) is -0.956. The molecule has 0 spiro atoms. The average Bonchev–Trinajstić information content (AvgIpc) is 3.65. The maximum atomic E-state index is 12.8. The van der Waals surface area contributed by atoms with Gasteiger partial charge in [0.1, 0.15) is 21.2 Å². The van der Waals surface area contributed by atoms with Crippen LogP contribution in [0.2, 0.25) is 0 Å².